The highest BCUT2D eigenvalue weighted by molar-refractivity contribution is 5.87. The molecule has 0 spiro atoms. The van der Waals surface area contributed by atoms with Crippen molar-refractivity contribution in [3.8, 4) is 11.8 Å². The van der Waals surface area contributed by atoms with Crippen LogP contribution < -0.4 is 5.32 Å². The summed E-state index contributed by atoms with van der Waals surface area (Å²) in [7, 11) is 0. The van der Waals surface area contributed by atoms with Gasteiger partial charge in [-0.1, -0.05) is 42.3 Å². The molecule has 0 aromatic heterocycles. The van der Waals surface area contributed by atoms with Gasteiger partial charge in [0.1, 0.15) is 0 Å². The molecule has 0 radical (unpaired) electrons. The maximum Gasteiger partial charge on any atom is 0.382 e. The van der Waals surface area contributed by atoms with Gasteiger partial charge in [0.25, 0.3) is 0 Å². The van der Waals surface area contributed by atoms with Gasteiger partial charge in [-0.25, -0.2) is 4.79 Å². The molecule has 0 saturated heterocycles. The van der Waals surface area contributed by atoms with Crippen LogP contribution in [-0.4, -0.2) is 11.1 Å². The third-order valence-corrected chi connectivity index (χ3v) is 2.52. The number of carbonyl (C=O) groups is 1. The van der Waals surface area contributed by atoms with E-state index in [1.807, 2.05) is 48.5 Å². The topological polar surface area (TPSA) is 49.3 Å². The Hall–Kier alpha value is -2.73. The molecule has 2 rings (SSSR count). The molecule has 94 valence electrons. The van der Waals surface area contributed by atoms with Crippen LogP contribution in [0, 0.1) is 11.8 Å². The lowest BCUT2D eigenvalue weighted by Gasteiger charge is -2.06. The first-order valence-electron chi connectivity index (χ1n) is 5.87. The molecule has 0 atom stereocenters. The van der Waals surface area contributed by atoms with Gasteiger partial charge in [0.05, 0.1) is 0 Å². The second-order valence-electron chi connectivity index (χ2n) is 3.98. The second-order valence-corrected chi connectivity index (χ2v) is 3.98. The Bertz CT molecular complexity index is 624. The molecule has 19 heavy (non-hydrogen) atoms. The van der Waals surface area contributed by atoms with E-state index < -0.39 is 5.97 Å². The van der Waals surface area contributed by atoms with Gasteiger partial charge in [-0.05, 0) is 23.8 Å². The van der Waals surface area contributed by atoms with Crippen molar-refractivity contribution in [3.05, 3.63) is 65.7 Å². The molecule has 2 aromatic rings. The molecule has 2 N–H and O–H groups in total. The third kappa shape index (κ3) is 4.21. The summed E-state index contributed by atoms with van der Waals surface area (Å²) in [5.74, 6) is 3.57. The number of hydrogen-bond donors (Lipinski definition) is 2. The predicted molar refractivity (Wildman–Crippen MR) is 74.7 cm³/mol. The van der Waals surface area contributed by atoms with Gasteiger partial charge < -0.3 is 10.4 Å². The summed E-state index contributed by atoms with van der Waals surface area (Å²) in [6.07, 6.45) is 0. The SMILES string of the molecule is O=C(O)C#Cc1cccc(NCc2ccccc2)c1. The molecule has 0 aliphatic rings. The molecule has 0 aliphatic heterocycles. The van der Waals surface area contributed by atoms with E-state index in [2.05, 4.69) is 17.2 Å². The number of hydrogen-bond acceptors (Lipinski definition) is 2. The molecular formula is C16H13NO2. The molecule has 0 amide bonds. The van der Waals surface area contributed by atoms with E-state index >= 15 is 0 Å². The molecular weight excluding hydrogens is 238 g/mol. The first-order valence-corrected chi connectivity index (χ1v) is 5.87. The van der Waals surface area contributed by atoms with Crippen molar-refractivity contribution >= 4 is 11.7 Å². The highest BCUT2D eigenvalue weighted by Crippen LogP contribution is 2.11. The van der Waals surface area contributed by atoms with Crippen molar-refractivity contribution in [2.75, 3.05) is 5.32 Å². The Morgan fingerprint density at radius 1 is 1.11 bits per heavy atom. The minimum atomic E-state index is -1.12. The fourth-order valence-electron chi connectivity index (χ4n) is 1.63. The van der Waals surface area contributed by atoms with E-state index in [-0.39, 0.29) is 0 Å². The number of carboxylic acids is 1. The minimum absolute atomic E-state index is 0.681. The molecule has 0 bridgehead atoms. The van der Waals surface area contributed by atoms with Gasteiger partial charge in [0.15, 0.2) is 0 Å². The highest BCUT2D eigenvalue weighted by Gasteiger charge is 1.95. The smallest absolute Gasteiger partial charge is 0.382 e. The van der Waals surface area contributed by atoms with E-state index in [0.29, 0.717) is 5.56 Å². The van der Waals surface area contributed by atoms with Crippen LogP contribution in [0.15, 0.2) is 54.6 Å². The van der Waals surface area contributed by atoms with Crippen LogP contribution >= 0.6 is 0 Å². The van der Waals surface area contributed by atoms with Crippen LogP contribution in [0.4, 0.5) is 5.69 Å². The maximum atomic E-state index is 10.4. The highest BCUT2D eigenvalue weighted by atomic mass is 16.4. The normalized spacial score (nSPS) is 9.26. The van der Waals surface area contributed by atoms with Gasteiger partial charge in [-0.15, -0.1) is 0 Å². The van der Waals surface area contributed by atoms with Gasteiger partial charge in [-0.2, -0.15) is 0 Å². The van der Waals surface area contributed by atoms with Crippen molar-refractivity contribution in [1.29, 1.82) is 0 Å². The summed E-state index contributed by atoms with van der Waals surface area (Å²) in [6.45, 7) is 0.719. The summed E-state index contributed by atoms with van der Waals surface area (Å²) in [5, 5.41) is 11.8. The molecule has 0 fully saturated rings. The minimum Gasteiger partial charge on any atom is -0.472 e. The number of carboxylic acid groups (broad SMARTS) is 1. The first kappa shape index (κ1) is 12.7. The number of nitrogens with one attached hydrogen (secondary N) is 1. The van der Waals surface area contributed by atoms with E-state index in [4.69, 9.17) is 5.11 Å². The van der Waals surface area contributed by atoms with Gasteiger partial charge in [0.2, 0.25) is 0 Å². The lowest BCUT2D eigenvalue weighted by atomic mass is 10.2. The number of rotatable bonds is 3. The van der Waals surface area contributed by atoms with Crippen molar-refractivity contribution in [2.45, 2.75) is 6.54 Å². The largest absolute Gasteiger partial charge is 0.472 e. The maximum absolute atomic E-state index is 10.4. The molecule has 3 nitrogen and oxygen atoms in total. The van der Waals surface area contributed by atoms with Gasteiger partial charge in [-0.3, -0.25) is 0 Å². The fraction of sp³-hybridized carbons (Fsp3) is 0.0625. The van der Waals surface area contributed by atoms with Crippen LogP contribution in [0.25, 0.3) is 0 Å². The van der Waals surface area contributed by atoms with Crippen molar-refractivity contribution in [1.82, 2.24) is 0 Å². The van der Waals surface area contributed by atoms with Crippen molar-refractivity contribution in [3.63, 3.8) is 0 Å². The fourth-order valence-corrected chi connectivity index (χ4v) is 1.63. The molecule has 0 unspecified atom stereocenters. The van der Waals surface area contributed by atoms with Crippen molar-refractivity contribution < 1.29 is 9.90 Å². The zero-order valence-corrected chi connectivity index (χ0v) is 10.3. The van der Waals surface area contributed by atoms with Crippen LogP contribution in [0.2, 0.25) is 0 Å². The number of anilines is 1. The Morgan fingerprint density at radius 3 is 2.63 bits per heavy atom. The summed E-state index contributed by atoms with van der Waals surface area (Å²) in [5.41, 5.74) is 2.78. The molecule has 0 saturated carbocycles. The summed E-state index contributed by atoms with van der Waals surface area (Å²) < 4.78 is 0. The van der Waals surface area contributed by atoms with Gasteiger partial charge in [0, 0.05) is 23.7 Å². The lowest BCUT2D eigenvalue weighted by Crippen LogP contribution is -1.99. The van der Waals surface area contributed by atoms with E-state index in [1.165, 1.54) is 5.56 Å². The Kier molecular flexibility index (Phi) is 4.20. The molecule has 0 heterocycles. The van der Waals surface area contributed by atoms with Gasteiger partial charge >= 0.3 is 5.97 Å². The van der Waals surface area contributed by atoms with E-state index in [0.717, 1.165) is 12.2 Å². The van der Waals surface area contributed by atoms with Crippen LogP contribution in [0.1, 0.15) is 11.1 Å². The van der Waals surface area contributed by atoms with Crippen LogP contribution in [0.5, 0.6) is 0 Å². The quantitative estimate of drug-likeness (QED) is 0.825. The van der Waals surface area contributed by atoms with Crippen molar-refractivity contribution in [2.24, 2.45) is 0 Å². The average molecular weight is 251 g/mol. The summed E-state index contributed by atoms with van der Waals surface area (Å²) in [4.78, 5) is 10.4. The molecule has 0 aliphatic carbocycles. The standard InChI is InChI=1S/C16H13NO2/c18-16(19)10-9-13-7-4-8-15(11-13)17-12-14-5-2-1-3-6-14/h1-8,11,17H,12H2,(H,18,19). The molecule has 2 aromatic carbocycles. The number of benzene rings is 2. The average Bonchev–Trinajstić information content (AvgIpc) is 2.44. The Labute approximate surface area is 111 Å². The zero-order valence-electron chi connectivity index (χ0n) is 10.3. The van der Waals surface area contributed by atoms with E-state index in [1.54, 1.807) is 6.07 Å². The monoisotopic (exact) mass is 251 g/mol. The lowest BCUT2D eigenvalue weighted by molar-refractivity contribution is -0.130. The number of aliphatic carboxylic acids is 1. The van der Waals surface area contributed by atoms with Crippen LogP contribution in [0.3, 0.4) is 0 Å². The third-order valence-electron chi connectivity index (χ3n) is 2.52. The Balaban J connectivity index is 2.04. The first-order chi connectivity index (χ1) is 9.24. The molecule has 3 heteroatoms. The predicted octanol–water partition coefficient (Wildman–Crippen LogP) is 2.73. The summed E-state index contributed by atoms with van der Waals surface area (Å²) in [6, 6.07) is 17.4. The Morgan fingerprint density at radius 2 is 1.89 bits per heavy atom. The summed E-state index contributed by atoms with van der Waals surface area (Å²) >= 11 is 0. The second kappa shape index (κ2) is 6.27. The van der Waals surface area contributed by atoms with E-state index in [9.17, 15) is 4.79 Å². The van der Waals surface area contributed by atoms with Crippen LogP contribution in [-0.2, 0) is 11.3 Å². The zero-order chi connectivity index (χ0) is 13.5.